The van der Waals surface area contributed by atoms with E-state index in [-0.39, 0.29) is 17.2 Å². The van der Waals surface area contributed by atoms with Crippen molar-refractivity contribution in [2.24, 2.45) is 0 Å². The highest BCUT2D eigenvalue weighted by Gasteiger charge is 2.09. The molecule has 0 aliphatic heterocycles. The lowest BCUT2D eigenvalue weighted by atomic mass is 10.2. The van der Waals surface area contributed by atoms with Crippen LogP contribution in [0, 0.1) is 0 Å². The maximum Gasteiger partial charge on any atom is 0.271 e. The van der Waals surface area contributed by atoms with E-state index in [0.717, 1.165) is 17.7 Å². The molecule has 0 atom stereocenters. The summed E-state index contributed by atoms with van der Waals surface area (Å²) in [6, 6.07) is 10.8. The van der Waals surface area contributed by atoms with Crippen molar-refractivity contribution < 1.29 is 4.79 Å². The molecule has 0 spiro atoms. The number of carbonyl (C=O) groups is 1. The lowest BCUT2D eigenvalue weighted by Crippen LogP contribution is -2.29. The van der Waals surface area contributed by atoms with E-state index in [2.05, 4.69) is 10.4 Å². The third-order valence-corrected chi connectivity index (χ3v) is 3.44. The second kappa shape index (κ2) is 7.58. The van der Waals surface area contributed by atoms with E-state index < -0.39 is 0 Å². The van der Waals surface area contributed by atoms with Crippen LogP contribution in [0.2, 0.25) is 0 Å². The third kappa shape index (κ3) is 4.42. The van der Waals surface area contributed by atoms with Gasteiger partial charge < -0.3 is 10.2 Å². The fourth-order valence-corrected chi connectivity index (χ4v) is 2.13. The molecule has 2 rings (SSSR count). The molecule has 1 heterocycles. The average Bonchev–Trinajstić information content (AvgIpc) is 2.55. The number of carbonyl (C=O) groups excluding carboxylic acids is 1. The Morgan fingerprint density at radius 1 is 1.17 bits per heavy atom. The first-order chi connectivity index (χ1) is 11.0. The highest BCUT2D eigenvalue weighted by Crippen LogP contribution is 2.12. The van der Waals surface area contributed by atoms with Gasteiger partial charge in [0.05, 0.1) is 0 Å². The van der Waals surface area contributed by atoms with Crippen LogP contribution in [0.25, 0.3) is 0 Å². The maximum absolute atomic E-state index is 12.2. The molecule has 0 saturated carbocycles. The number of nitrogens with one attached hydrogen (secondary N) is 1. The van der Waals surface area contributed by atoms with E-state index in [0.29, 0.717) is 13.1 Å². The van der Waals surface area contributed by atoms with Crippen LogP contribution >= 0.6 is 0 Å². The van der Waals surface area contributed by atoms with Crippen molar-refractivity contribution in [1.29, 1.82) is 0 Å². The average molecular weight is 314 g/mol. The minimum absolute atomic E-state index is 0.192. The molecule has 0 saturated heterocycles. The Morgan fingerprint density at radius 2 is 1.87 bits per heavy atom. The highest BCUT2D eigenvalue weighted by atomic mass is 16.2. The summed E-state index contributed by atoms with van der Waals surface area (Å²) < 4.78 is 1.32. The molecule has 6 nitrogen and oxygen atoms in total. The van der Waals surface area contributed by atoms with Crippen molar-refractivity contribution in [3.8, 4) is 0 Å². The minimum atomic E-state index is -0.286. The van der Waals surface area contributed by atoms with Crippen LogP contribution in [0.1, 0.15) is 29.4 Å². The summed E-state index contributed by atoms with van der Waals surface area (Å²) in [5.41, 5.74) is 2.17. The van der Waals surface area contributed by atoms with E-state index in [1.54, 1.807) is 0 Å². The highest BCUT2D eigenvalue weighted by molar-refractivity contribution is 5.91. The molecule has 0 fully saturated rings. The van der Waals surface area contributed by atoms with Gasteiger partial charge in [0, 0.05) is 38.9 Å². The first-order valence-corrected chi connectivity index (χ1v) is 7.64. The van der Waals surface area contributed by atoms with Crippen LogP contribution in [0.4, 0.5) is 5.69 Å². The summed E-state index contributed by atoms with van der Waals surface area (Å²) in [5, 5.41) is 6.92. The number of amides is 1. The Balaban J connectivity index is 2.02. The molecule has 122 valence electrons. The summed E-state index contributed by atoms with van der Waals surface area (Å²) in [6.45, 7) is 2.88. The lowest BCUT2D eigenvalue weighted by molar-refractivity contribution is 0.0943. The predicted octanol–water partition coefficient (Wildman–Crippen LogP) is 1.65. The summed E-state index contributed by atoms with van der Waals surface area (Å²) in [4.78, 5) is 25.8. The largest absolute Gasteiger partial charge is 0.378 e. The van der Waals surface area contributed by atoms with Gasteiger partial charge in [-0.2, -0.15) is 5.10 Å². The van der Waals surface area contributed by atoms with Crippen molar-refractivity contribution in [2.75, 3.05) is 19.0 Å². The number of benzene rings is 1. The van der Waals surface area contributed by atoms with Gasteiger partial charge in [0.1, 0.15) is 5.69 Å². The van der Waals surface area contributed by atoms with E-state index in [1.807, 2.05) is 50.2 Å². The summed E-state index contributed by atoms with van der Waals surface area (Å²) in [5.74, 6) is -0.286. The van der Waals surface area contributed by atoms with E-state index in [4.69, 9.17) is 0 Å². The SMILES string of the molecule is CCCn1nc(C(=O)NCc2ccc(N(C)C)cc2)ccc1=O. The van der Waals surface area contributed by atoms with Gasteiger partial charge in [0.15, 0.2) is 0 Å². The van der Waals surface area contributed by atoms with Gasteiger partial charge in [-0.15, -0.1) is 0 Å². The molecule has 1 amide bonds. The van der Waals surface area contributed by atoms with E-state index in [9.17, 15) is 9.59 Å². The number of hydrogen-bond donors (Lipinski definition) is 1. The summed E-state index contributed by atoms with van der Waals surface area (Å²) >= 11 is 0. The van der Waals surface area contributed by atoms with Gasteiger partial charge in [-0.1, -0.05) is 19.1 Å². The Morgan fingerprint density at radius 3 is 2.48 bits per heavy atom. The molecule has 0 radical (unpaired) electrons. The molecule has 0 aliphatic rings. The zero-order valence-corrected chi connectivity index (χ0v) is 13.7. The van der Waals surface area contributed by atoms with Crippen LogP contribution in [0.15, 0.2) is 41.2 Å². The monoisotopic (exact) mass is 314 g/mol. The van der Waals surface area contributed by atoms with Crippen LogP contribution in [0.3, 0.4) is 0 Å². The topological polar surface area (TPSA) is 67.2 Å². The Hall–Kier alpha value is -2.63. The molecule has 0 aliphatic carbocycles. The number of aromatic nitrogens is 2. The predicted molar refractivity (Wildman–Crippen MR) is 90.7 cm³/mol. The van der Waals surface area contributed by atoms with Crippen LogP contribution in [-0.2, 0) is 13.1 Å². The van der Waals surface area contributed by atoms with Crippen LogP contribution < -0.4 is 15.8 Å². The molecule has 23 heavy (non-hydrogen) atoms. The second-order valence-electron chi connectivity index (χ2n) is 5.52. The summed E-state index contributed by atoms with van der Waals surface area (Å²) in [7, 11) is 3.96. The van der Waals surface area contributed by atoms with Crippen LogP contribution in [-0.4, -0.2) is 29.8 Å². The Bertz CT molecular complexity index is 720. The van der Waals surface area contributed by atoms with Crippen molar-refractivity contribution in [3.63, 3.8) is 0 Å². The summed E-state index contributed by atoms with van der Waals surface area (Å²) in [6.07, 6.45) is 0.788. The zero-order valence-electron chi connectivity index (χ0n) is 13.7. The van der Waals surface area contributed by atoms with Gasteiger partial charge in [-0.3, -0.25) is 9.59 Å². The van der Waals surface area contributed by atoms with E-state index >= 15 is 0 Å². The fourth-order valence-electron chi connectivity index (χ4n) is 2.13. The molecule has 1 N–H and O–H groups in total. The van der Waals surface area contributed by atoms with Gasteiger partial charge in [0.2, 0.25) is 0 Å². The molecule has 1 aromatic heterocycles. The fraction of sp³-hybridized carbons (Fsp3) is 0.353. The van der Waals surface area contributed by atoms with Crippen molar-refractivity contribution >= 4 is 11.6 Å². The van der Waals surface area contributed by atoms with Crippen LogP contribution in [0.5, 0.6) is 0 Å². The van der Waals surface area contributed by atoms with Gasteiger partial charge in [0.25, 0.3) is 11.5 Å². The Labute approximate surface area is 135 Å². The quantitative estimate of drug-likeness (QED) is 0.880. The number of nitrogens with zero attached hydrogens (tertiary/aromatic N) is 3. The van der Waals surface area contributed by atoms with Crippen molar-refractivity contribution in [1.82, 2.24) is 15.1 Å². The van der Waals surface area contributed by atoms with Crippen molar-refractivity contribution in [3.05, 3.63) is 58.0 Å². The molecular formula is C17H22N4O2. The molecular weight excluding hydrogens is 292 g/mol. The number of aryl methyl sites for hydroxylation is 1. The minimum Gasteiger partial charge on any atom is -0.378 e. The second-order valence-corrected chi connectivity index (χ2v) is 5.52. The molecule has 0 bridgehead atoms. The van der Waals surface area contributed by atoms with Gasteiger partial charge in [-0.05, 0) is 30.2 Å². The third-order valence-electron chi connectivity index (χ3n) is 3.44. The zero-order chi connectivity index (χ0) is 16.8. The first kappa shape index (κ1) is 16.7. The standard InChI is InChI=1S/C17H22N4O2/c1-4-11-21-16(22)10-9-15(19-21)17(23)18-12-13-5-7-14(8-6-13)20(2)3/h5-10H,4,11-12H2,1-3H3,(H,18,23). The molecule has 6 heteroatoms. The lowest BCUT2D eigenvalue weighted by Gasteiger charge is -2.13. The molecule has 1 aromatic carbocycles. The van der Waals surface area contributed by atoms with Gasteiger partial charge in [-0.25, -0.2) is 4.68 Å². The maximum atomic E-state index is 12.2. The molecule has 0 unspecified atom stereocenters. The smallest absolute Gasteiger partial charge is 0.271 e. The number of rotatable bonds is 6. The van der Waals surface area contributed by atoms with E-state index in [1.165, 1.54) is 16.8 Å². The van der Waals surface area contributed by atoms with Gasteiger partial charge >= 0.3 is 0 Å². The van der Waals surface area contributed by atoms with Crippen molar-refractivity contribution in [2.45, 2.75) is 26.4 Å². The normalized spacial score (nSPS) is 10.4. The Kier molecular flexibility index (Phi) is 5.51. The number of hydrogen-bond acceptors (Lipinski definition) is 4. The number of anilines is 1. The first-order valence-electron chi connectivity index (χ1n) is 7.64. The molecule has 2 aromatic rings.